The van der Waals surface area contributed by atoms with Crippen molar-refractivity contribution in [3.63, 3.8) is 0 Å². The zero-order valence-corrected chi connectivity index (χ0v) is 29.8. The minimum Gasteiger partial charge on any atom is -0.870 e. The second kappa shape index (κ2) is 26.3. The van der Waals surface area contributed by atoms with Gasteiger partial charge in [0.05, 0.1) is 22.7 Å². The summed E-state index contributed by atoms with van der Waals surface area (Å²) in [7, 11) is 0. The predicted octanol–water partition coefficient (Wildman–Crippen LogP) is -3.12. The fourth-order valence-corrected chi connectivity index (χ4v) is 3.17. The van der Waals surface area contributed by atoms with Crippen LogP contribution in [0.5, 0.6) is 0 Å². The van der Waals surface area contributed by atoms with E-state index in [9.17, 15) is 0 Å². The SMILES string of the molecule is C1CCOC1.CCCCC([N-]C(C)(C)C)=[NH+]C(C)(C)C.CCCCC([N-]C(C)(C)C)=[NH+]C(C)(C)C.[Li+].[Li+].[Li+].[OH-]. The molecule has 0 unspecified atom stereocenters. The van der Waals surface area contributed by atoms with E-state index in [1.54, 1.807) is 0 Å². The maximum atomic E-state index is 4.94. The van der Waals surface area contributed by atoms with Crippen LogP contribution in [0.3, 0.4) is 0 Å². The number of nitrogens with zero attached hydrogens (tertiary/aromatic N) is 2. The number of hydrogen-bond acceptors (Lipinski definition) is 2. The Balaban J connectivity index is -0.000000108. The van der Waals surface area contributed by atoms with Crippen LogP contribution in [0, 0.1) is 0 Å². The molecule has 1 fully saturated rings. The molecule has 0 amide bonds. The van der Waals surface area contributed by atoms with Crippen molar-refractivity contribution in [2.45, 2.75) is 170 Å². The minimum absolute atomic E-state index is 0. The van der Waals surface area contributed by atoms with Crippen LogP contribution in [0.25, 0.3) is 10.6 Å². The molecule has 39 heavy (non-hydrogen) atoms. The van der Waals surface area contributed by atoms with Crippen molar-refractivity contribution in [2.75, 3.05) is 13.2 Å². The van der Waals surface area contributed by atoms with Gasteiger partial charge in [-0.15, -0.1) is 0 Å². The number of hydrogen-bond donors (Lipinski definition) is 2. The molecule has 1 aliphatic heterocycles. The summed E-state index contributed by atoms with van der Waals surface area (Å²) in [5, 5.41) is 9.47. The van der Waals surface area contributed by atoms with E-state index in [-0.39, 0.29) is 84.2 Å². The molecule has 0 radical (unpaired) electrons. The monoisotopic (exact) mass is 535 g/mol. The van der Waals surface area contributed by atoms with Gasteiger partial charge >= 0.3 is 56.6 Å². The first-order chi connectivity index (χ1) is 15.8. The Morgan fingerprint density at radius 1 is 0.590 bits per heavy atom. The number of ether oxygens (including phenoxy) is 1. The Morgan fingerprint density at radius 2 is 0.872 bits per heavy atom. The van der Waals surface area contributed by atoms with Crippen LogP contribution in [-0.4, -0.2) is 52.5 Å². The van der Waals surface area contributed by atoms with Crippen LogP contribution < -0.4 is 66.6 Å². The molecule has 0 aromatic carbocycles. The van der Waals surface area contributed by atoms with E-state index in [4.69, 9.17) is 15.4 Å². The van der Waals surface area contributed by atoms with Gasteiger partial charge in [0.2, 0.25) is 0 Å². The molecule has 0 bridgehead atoms. The number of nitrogens with one attached hydrogen (secondary N) is 2. The van der Waals surface area contributed by atoms with E-state index in [0.717, 1.165) is 37.7 Å². The van der Waals surface area contributed by atoms with Gasteiger partial charge in [0.1, 0.15) is 0 Å². The van der Waals surface area contributed by atoms with Crippen LogP contribution in [0.4, 0.5) is 0 Å². The van der Waals surface area contributed by atoms with Gasteiger partial charge in [0.25, 0.3) is 0 Å². The molecule has 0 aromatic heterocycles. The zero-order chi connectivity index (χ0) is 27.8. The summed E-state index contributed by atoms with van der Waals surface area (Å²) in [5.74, 6) is 2.30. The maximum Gasteiger partial charge on any atom is 1.00 e. The first-order valence-electron chi connectivity index (χ1n) is 14.1. The van der Waals surface area contributed by atoms with Gasteiger partial charge in [0.15, 0.2) is 0 Å². The van der Waals surface area contributed by atoms with Gasteiger partial charge in [-0.3, -0.25) is 10.6 Å². The van der Waals surface area contributed by atoms with Gasteiger partial charge < -0.3 is 20.2 Å². The van der Waals surface area contributed by atoms with Gasteiger partial charge in [-0.05, 0) is 109 Å². The quantitative estimate of drug-likeness (QED) is 0.214. The fourth-order valence-electron chi connectivity index (χ4n) is 3.17. The second-order valence-corrected chi connectivity index (χ2v) is 13.7. The Hall–Kier alpha value is 0.652. The van der Waals surface area contributed by atoms with Crippen LogP contribution in [-0.2, 0) is 4.74 Å². The summed E-state index contributed by atoms with van der Waals surface area (Å²) in [4.78, 5) is 7.00. The molecule has 1 rings (SSSR count). The van der Waals surface area contributed by atoms with E-state index in [1.807, 2.05) is 0 Å². The second-order valence-electron chi connectivity index (χ2n) is 13.7. The molecule has 0 spiro atoms. The summed E-state index contributed by atoms with van der Waals surface area (Å²) < 4.78 is 4.94. The molecule has 3 N–H and O–H groups in total. The van der Waals surface area contributed by atoms with Crippen molar-refractivity contribution in [1.82, 2.24) is 0 Å². The number of amidine groups is 2. The van der Waals surface area contributed by atoms with E-state index in [1.165, 1.54) is 38.5 Å². The molecule has 0 saturated carbocycles. The summed E-state index contributed by atoms with van der Waals surface area (Å²) >= 11 is 0. The summed E-state index contributed by atoms with van der Waals surface area (Å²) in [6.07, 6.45) is 9.52. The minimum atomic E-state index is 0. The number of rotatable bonds is 6. The Morgan fingerprint density at radius 3 is 1.03 bits per heavy atom. The molecule has 0 atom stereocenters. The molecule has 1 saturated heterocycles. The molecule has 0 aromatic rings. The average molecular weight is 535 g/mol. The van der Waals surface area contributed by atoms with Gasteiger partial charge in [0, 0.05) is 37.1 Å². The molecule has 218 valence electrons. The zero-order valence-electron chi connectivity index (χ0n) is 29.8. The van der Waals surface area contributed by atoms with Gasteiger partial charge in [-0.1, -0.05) is 26.7 Å². The Labute approximate surface area is 281 Å². The smallest absolute Gasteiger partial charge is 0.870 e. The van der Waals surface area contributed by atoms with Crippen LogP contribution in [0.2, 0.25) is 0 Å². The van der Waals surface area contributed by atoms with Gasteiger partial charge in [-0.2, -0.15) is 0 Å². The molecule has 1 aliphatic rings. The third-order valence-electron chi connectivity index (χ3n) is 4.34. The van der Waals surface area contributed by atoms with Crippen molar-refractivity contribution in [3.05, 3.63) is 10.6 Å². The summed E-state index contributed by atoms with van der Waals surface area (Å²) in [5.41, 5.74) is 0.248. The largest absolute Gasteiger partial charge is 1.00 e. The number of unbranched alkanes of at least 4 members (excludes halogenated alkanes) is 2. The van der Waals surface area contributed by atoms with Crippen LogP contribution in [0.15, 0.2) is 0 Å². The molecule has 1 heterocycles. The third kappa shape index (κ3) is 45.9. The molecular formula is C30H65Li3N4O2+2. The van der Waals surface area contributed by atoms with Crippen LogP contribution in [0.1, 0.15) is 148 Å². The van der Waals surface area contributed by atoms with E-state index < -0.39 is 0 Å². The first kappa shape index (κ1) is 52.3. The predicted molar refractivity (Wildman–Crippen MR) is 159 cm³/mol. The summed E-state index contributed by atoms with van der Waals surface area (Å²) in [6.45, 7) is 32.3. The van der Waals surface area contributed by atoms with Crippen molar-refractivity contribution in [2.24, 2.45) is 0 Å². The normalized spacial score (nSPS) is 14.0. The molecule has 9 heteroatoms. The summed E-state index contributed by atoms with van der Waals surface area (Å²) in [6, 6.07) is 0. The Kier molecular flexibility index (Phi) is 35.3. The van der Waals surface area contributed by atoms with Gasteiger partial charge in [-0.25, -0.2) is 0 Å². The molecule has 0 aliphatic carbocycles. The van der Waals surface area contributed by atoms with Crippen molar-refractivity contribution >= 4 is 11.7 Å². The standard InChI is InChI=1S/2C13H27N2.C4H8O.3Li.H2O/c2*1-8-9-10-11(14-12(2,3)4)15-13(5,6)7;1-2-4-5-3-1;;;;/h2*8-10H2,1-7H3;1-4H2;;;;1H2/q2*-1;;3*+1;/p+1. The fraction of sp³-hybridized carbons (Fsp3) is 0.933. The molecule has 6 nitrogen and oxygen atoms in total. The average Bonchev–Trinajstić information content (AvgIpc) is 3.19. The molecular weight excluding hydrogens is 469 g/mol. The maximum absolute atomic E-state index is 4.94. The Bertz CT molecular complexity index is 542. The van der Waals surface area contributed by atoms with Crippen molar-refractivity contribution in [1.29, 1.82) is 0 Å². The first-order valence-corrected chi connectivity index (χ1v) is 14.1. The van der Waals surface area contributed by atoms with Crippen molar-refractivity contribution < 1.29 is 76.8 Å². The van der Waals surface area contributed by atoms with Crippen LogP contribution >= 0.6 is 0 Å². The van der Waals surface area contributed by atoms with E-state index in [2.05, 4.69) is 107 Å². The van der Waals surface area contributed by atoms with Crippen molar-refractivity contribution in [3.8, 4) is 0 Å². The topological polar surface area (TPSA) is 95.4 Å². The van der Waals surface area contributed by atoms with E-state index >= 15 is 0 Å². The van der Waals surface area contributed by atoms with E-state index in [0.29, 0.717) is 0 Å². The third-order valence-corrected chi connectivity index (χ3v) is 4.34.